The number of nitrogens with zero attached hydrogens (tertiary/aromatic N) is 2. The van der Waals surface area contributed by atoms with E-state index in [0.29, 0.717) is 0 Å². The van der Waals surface area contributed by atoms with Crippen LogP contribution in [0, 0.1) is 5.82 Å². The molecule has 1 amide bonds. The number of halogens is 1. The summed E-state index contributed by atoms with van der Waals surface area (Å²) < 4.78 is 40.2. The Bertz CT molecular complexity index is 684. The molecule has 2 rings (SSSR count). The van der Waals surface area contributed by atoms with Gasteiger partial charge in [0.15, 0.2) is 0 Å². The Balaban J connectivity index is 2.69. The maximum absolute atomic E-state index is 13.7. The van der Waals surface area contributed by atoms with Gasteiger partial charge >= 0.3 is 0 Å². The summed E-state index contributed by atoms with van der Waals surface area (Å²) in [6.45, 7) is 0. The molecule has 0 radical (unpaired) electrons. The highest BCUT2D eigenvalue weighted by Crippen LogP contribution is 2.35. The molecule has 0 unspecified atom stereocenters. The molecular formula is C13H18FN3O3S. The van der Waals surface area contributed by atoms with E-state index in [1.165, 1.54) is 16.3 Å². The molecule has 1 saturated carbocycles. The molecule has 0 aliphatic heterocycles. The molecule has 1 fully saturated rings. The Kier molecular flexibility index (Phi) is 3.94. The average Bonchev–Trinajstić information content (AvgIpc) is 3.20. The third-order valence-electron chi connectivity index (χ3n) is 3.47. The molecule has 21 heavy (non-hydrogen) atoms. The van der Waals surface area contributed by atoms with E-state index in [4.69, 9.17) is 5.73 Å². The number of benzene rings is 1. The minimum Gasteiger partial charge on any atom is -0.376 e. The molecule has 8 heteroatoms. The fourth-order valence-corrected chi connectivity index (χ4v) is 3.92. The molecule has 116 valence electrons. The predicted octanol–water partition coefficient (Wildman–Crippen LogP) is 0.773. The van der Waals surface area contributed by atoms with Gasteiger partial charge in [0.2, 0.25) is 10.0 Å². The second-order valence-electron chi connectivity index (χ2n) is 5.31. The van der Waals surface area contributed by atoms with Crippen LogP contribution in [0.4, 0.5) is 10.1 Å². The summed E-state index contributed by atoms with van der Waals surface area (Å²) in [5.41, 5.74) is 5.20. The maximum atomic E-state index is 13.7. The van der Waals surface area contributed by atoms with Crippen molar-refractivity contribution in [1.29, 1.82) is 0 Å². The van der Waals surface area contributed by atoms with Gasteiger partial charge in [0.25, 0.3) is 5.91 Å². The van der Waals surface area contributed by atoms with Crippen molar-refractivity contribution in [3.05, 3.63) is 23.5 Å². The van der Waals surface area contributed by atoms with E-state index in [0.717, 1.165) is 25.0 Å². The standard InChI is InChI=1S/C13H18FN3O3S/c1-16(2)12-10(13(15)18)6-8(14)7-11(12)21(19,20)17(3)9-4-5-9/h6-7,9H,4-5H2,1-3H3,(H2,15,18). The van der Waals surface area contributed by atoms with Crippen LogP contribution in [0.5, 0.6) is 0 Å². The van der Waals surface area contributed by atoms with Crippen molar-refractivity contribution in [1.82, 2.24) is 4.31 Å². The SMILES string of the molecule is CN(C)c1c(C(N)=O)cc(F)cc1S(=O)(=O)N(C)C1CC1. The second-order valence-corrected chi connectivity index (χ2v) is 7.28. The van der Waals surface area contributed by atoms with Crippen molar-refractivity contribution in [3.63, 3.8) is 0 Å². The molecular weight excluding hydrogens is 297 g/mol. The third kappa shape index (κ3) is 2.86. The summed E-state index contributed by atoms with van der Waals surface area (Å²) in [6.07, 6.45) is 1.57. The lowest BCUT2D eigenvalue weighted by molar-refractivity contribution is 0.1000. The Hall–Kier alpha value is -1.67. The monoisotopic (exact) mass is 315 g/mol. The van der Waals surface area contributed by atoms with Crippen LogP contribution in [0.15, 0.2) is 17.0 Å². The zero-order valence-electron chi connectivity index (χ0n) is 12.1. The molecule has 0 heterocycles. The van der Waals surface area contributed by atoms with Crippen molar-refractivity contribution in [2.45, 2.75) is 23.8 Å². The van der Waals surface area contributed by atoms with E-state index in [1.807, 2.05) is 0 Å². The largest absolute Gasteiger partial charge is 0.376 e. The highest BCUT2D eigenvalue weighted by Gasteiger charge is 2.37. The predicted molar refractivity (Wildman–Crippen MR) is 77.2 cm³/mol. The highest BCUT2D eigenvalue weighted by atomic mass is 32.2. The van der Waals surface area contributed by atoms with Gasteiger partial charge in [-0.3, -0.25) is 4.79 Å². The first-order valence-corrected chi connectivity index (χ1v) is 7.89. The van der Waals surface area contributed by atoms with E-state index in [2.05, 4.69) is 0 Å². The number of nitrogens with two attached hydrogens (primary N) is 1. The molecule has 1 aliphatic carbocycles. The molecule has 0 saturated heterocycles. The Morgan fingerprint density at radius 1 is 1.29 bits per heavy atom. The molecule has 1 aromatic carbocycles. The molecule has 0 spiro atoms. The van der Waals surface area contributed by atoms with Crippen LogP contribution >= 0.6 is 0 Å². The first-order valence-electron chi connectivity index (χ1n) is 6.45. The topological polar surface area (TPSA) is 83.7 Å². The van der Waals surface area contributed by atoms with E-state index in [1.54, 1.807) is 14.1 Å². The number of rotatable bonds is 5. The molecule has 2 N–H and O–H groups in total. The van der Waals surface area contributed by atoms with E-state index in [9.17, 15) is 17.6 Å². The number of sulfonamides is 1. The average molecular weight is 315 g/mol. The molecule has 0 aromatic heterocycles. The lowest BCUT2D eigenvalue weighted by atomic mass is 10.1. The van der Waals surface area contributed by atoms with Gasteiger partial charge in [0.05, 0.1) is 11.3 Å². The number of anilines is 1. The van der Waals surface area contributed by atoms with E-state index < -0.39 is 21.7 Å². The van der Waals surface area contributed by atoms with Crippen LogP contribution in [-0.4, -0.2) is 45.8 Å². The molecule has 0 bridgehead atoms. The quantitative estimate of drug-likeness (QED) is 0.870. The second kappa shape index (κ2) is 5.27. The van der Waals surface area contributed by atoms with Gasteiger partial charge in [-0.1, -0.05) is 0 Å². The fourth-order valence-electron chi connectivity index (χ4n) is 2.21. The molecule has 1 aliphatic rings. The van der Waals surface area contributed by atoms with Gasteiger partial charge in [-0.2, -0.15) is 4.31 Å². The van der Waals surface area contributed by atoms with Crippen molar-refractivity contribution >= 4 is 21.6 Å². The first kappa shape index (κ1) is 15.7. The van der Waals surface area contributed by atoms with Gasteiger partial charge < -0.3 is 10.6 Å². The Morgan fingerprint density at radius 3 is 2.29 bits per heavy atom. The number of amides is 1. The number of primary amides is 1. The van der Waals surface area contributed by atoms with Crippen LogP contribution in [-0.2, 0) is 10.0 Å². The minimum atomic E-state index is -3.89. The zero-order chi connectivity index (χ0) is 15.9. The number of hydrogen-bond donors (Lipinski definition) is 1. The Labute approximate surface area is 123 Å². The van der Waals surface area contributed by atoms with E-state index >= 15 is 0 Å². The minimum absolute atomic E-state index is 0.0645. The Morgan fingerprint density at radius 2 is 1.86 bits per heavy atom. The lowest BCUT2D eigenvalue weighted by Gasteiger charge is -2.24. The summed E-state index contributed by atoms with van der Waals surface area (Å²) in [4.78, 5) is 12.7. The third-order valence-corrected chi connectivity index (χ3v) is 5.39. The zero-order valence-corrected chi connectivity index (χ0v) is 12.9. The smallest absolute Gasteiger partial charge is 0.250 e. The van der Waals surface area contributed by atoms with Crippen molar-refractivity contribution in [2.75, 3.05) is 26.0 Å². The summed E-state index contributed by atoms with van der Waals surface area (Å²) in [7, 11) is 0.732. The molecule has 6 nitrogen and oxygen atoms in total. The lowest BCUT2D eigenvalue weighted by Crippen LogP contribution is -2.31. The summed E-state index contributed by atoms with van der Waals surface area (Å²) in [5, 5.41) is 0. The first-order chi connectivity index (χ1) is 9.66. The normalized spacial score (nSPS) is 15.3. The van der Waals surface area contributed by atoms with Crippen molar-refractivity contribution in [2.24, 2.45) is 5.73 Å². The van der Waals surface area contributed by atoms with Crippen LogP contribution < -0.4 is 10.6 Å². The van der Waals surface area contributed by atoms with Crippen molar-refractivity contribution in [3.8, 4) is 0 Å². The van der Waals surface area contributed by atoms with Crippen LogP contribution in [0.3, 0.4) is 0 Å². The summed E-state index contributed by atoms with van der Waals surface area (Å²) in [6, 6.07) is 1.81. The van der Waals surface area contributed by atoms with Gasteiger partial charge in [-0.05, 0) is 25.0 Å². The fraction of sp³-hybridized carbons (Fsp3) is 0.462. The number of hydrogen-bond acceptors (Lipinski definition) is 4. The van der Waals surface area contributed by atoms with Gasteiger partial charge in [0, 0.05) is 27.2 Å². The number of carbonyl (C=O) groups excluding carboxylic acids is 1. The molecule has 0 atom stereocenters. The van der Waals surface area contributed by atoms with Crippen LogP contribution in [0.1, 0.15) is 23.2 Å². The van der Waals surface area contributed by atoms with Gasteiger partial charge in [-0.15, -0.1) is 0 Å². The van der Waals surface area contributed by atoms with E-state index in [-0.39, 0.29) is 22.2 Å². The van der Waals surface area contributed by atoms with Crippen molar-refractivity contribution < 1.29 is 17.6 Å². The van der Waals surface area contributed by atoms with Gasteiger partial charge in [0.1, 0.15) is 10.7 Å². The highest BCUT2D eigenvalue weighted by molar-refractivity contribution is 7.89. The summed E-state index contributed by atoms with van der Waals surface area (Å²) in [5.74, 6) is -1.68. The maximum Gasteiger partial charge on any atom is 0.250 e. The number of carbonyl (C=O) groups is 1. The van der Waals surface area contributed by atoms with Crippen LogP contribution in [0.2, 0.25) is 0 Å². The molecule has 1 aromatic rings. The van der Waals surface area contributed by atoms with Gasteiger partial charge in [-0.25, -0.2) is 12.8 Å². The summed E-state index contributed by atoms with van der Waals surface area (Å²) >= 11 is 0. The van der Waals surface area contributed by atoms with Crippen LogP contribution in [0.25, 0.3) is 0 Å².